The predicted octanol–water partition coefficient (Wildman–Crippen LogP) is 3.88. The van der Waals surface area contributed by atoms with E-state index in [4.69, 9.17) is 4.74 Å². The minimum Gasteiger partial charge on any atom is -0.496 e. The van der Waals surface area contributed by atoms with Gasteiger partial charge in [0.05, 0.1) is 7.11 Å². The summed E-state index contributed by atoms with van der Waals surface area (Å²) in [5, 5.41) is 11.1. The number of rotatable bonds is 3. The number of para-hydroxylation sites is 1. The molecule has 0 aliphatic carbocycles. The molecule has 0 aliphatic heterocycles. The molecule has 2 aromatic carbocycles. The van der Waals surface area contributed by atoms with E-state index in [1.807, 2.05) is 38.1 Å². The summed E-state index contributed by atoms with van der Waals surface area (Å²) in [4.78, 5) is 0. The fourth-order valence-corrected chi connectivity index (χ4v) is 2.68. The van der Waals surface area contributed by atoms with Gasteiger partial charge in [-0.1, -0.05) is 30.3 Å². The highest BCUT2D eigenvalue weighted by molar-refractivity contribution is 5.48. The maximum absolute atomic E-state index is 11.1. The fourth-order valence-electron chi connectivity index (χ4n) is 2.68. The number of methoxy groups -OCH3 is 1. The van der Waals surface area contributed by atoms with Crippen LogP contribution in [0, 0.1) is 20.8 Å². The molecule has 0 amide bonds. The van der Waals surface area contributed by atoms with Gasteiger partial charge >= 0.3 is 0 Å². The molecule has 0 saturated carbocycles. The number of aryl methyl sites for hydroxylation is 3. The molecule has 0 radical (unpaired) electrons. The summed E-state index contributed by atoms with van der Waals surface area (Å²) < 4.78 is 5.39. The third-order valence-corrected chi connectivity index (χ3v) is 4.00. The first kappa shape index (κ1) is 14.6. The van der Waals surface area contributed by atoms with E-state index in [-0.39, 0.29) is 0 Å². The maximum atomic E-state index is 11.1. The number of hydrogen-bond acceptors (Lipinski definition) is 2. The summed E-state index contributed by atoms with van der Waals surface area (Å²) in [6.07, 6.45) is 0. The number of hydrogen-bond donors (Lipinski definition) is 1. The first-order valence-corrected chi connectivity index (χ1v) is 6.82. The zero-order valence-corrected chi connectivity index (χ0v) is 12.8. The normalized spacial score (nSPS) is 13.9. The molecule has 2 nitrogen and oxygen atoms in total. The van der Waals surface area contributed by atoms with E-state index in [1.165, 1.54) is 11.1 Å². The van der Waals surface area contributed by atoms with Crippen LogP contribution in [0.1, 0.15) is 34.7 Å². The summed E-state index contributed by atoms with van der Waals surface area (Å²) in [6, 6.07) is 11.8. The van der Waals surface area contributed by atoms with Crippen LogP contribution in [0.3, 0.4) is 0 Å². The molecule has 0 fully saturated rings. The van der Waals surface area contributed by atoms with Gasteiger partial charge in [-0.2, -0.15) is 0 Å². The second kappa shape index (κ2) is 5.29. The highest BCUT2D eigenvalue weighted by Gasteiger charge is 2.30. The molecule has 0 heterocycles. The molecule has 2 heteroatoms. The summed E-state index contributed by atoms with van der Waals surface area (Å²) in [5.41, 5.74) is 4.14. The molecule has 2 aromatic rings. The molecular weight excluding hydrogens is 248 g/mol. The van der Waals surface area contributed by atoms with Gasteiger partial charge in [-0.3, -0.25) is 0 Å². The van der Waals surface area contributed by atoms with Crippen LogP contribution in [0.25, 0.3) is 0 Å². The molecule has 20 heavy (non-hydrogen) atoms. The number of ether oxygens (including phenoxy) is 1. The van der Waals surface area contributed by atoms with E-state index in [0.29, 0.717) is 5.75 Å². The molecule has 106 valence electrons. The standard InChI is InChI=1S/C18H22O2/c1-12-10-14(3)16(11-13(12)2)18(4,19)15-8-6-7-9-17(15)20-5/h6-11,19H,1-5H3. The van der Waals surface area contributed by atoms with Gasteiger partial charge in [0.25, 0.3) is 0 Å². The van der Waals surface area contributed by atoms with Gasteiger partial charge in [-0.25, -0.2) is 0 Å². The first-order valence-electron chi connectivity index (χ1n) is 6.82. The average Bonchev–Trinajstić information content (AvgIpc) is 2.42. The Kier molecular flexibility index (Phi) is 3.87. The number of aliphatic hydroxyl groups is 1. The van der Waals surface area contributed by atoms with Crippen molar-refractivity contribution in [2.75, 3.05) is 7.11 Å². The Morgan fingerprint density at radius 3 is 2.15 bits per heavy atom. The van der Waals surface area contributed by atoms with E-state index >= 15 is 0 Å². The Balaban J connectivity index is 2.63. The summed E-state index contributed by atoms with van der Waals surface area (Å²) >= 11 is 0. The molecule has 1 N–H and O–H groups in total. The van der Waals surface area contributed by atoms with Crippen molar-refractivity contribution in [2.24, 2.45) is 0 Å². The summed E-state index contributed by atoms with van der Waals surface area (Å²) in [5.74, 6) is 0.704. The zero-order chi connectivity index (χ0) is 14.9. The predicted molar refractivity (Wildman–Crippen MR) is 82.3 cm³/mol. The lowest BCUT2D eigenvalue weighted by Crippen LogP contribution is -2.25. The zero-order valence-electron chi connectivity index (χ0n) is 12.8. The highest BCUT2D eigenvalue weighted by atomic mass is 16.5. The van der Waals surface area contributed by atoms with Crippen LogP contribution in [0.5, 0.6) is 5.75 Å². The maximum Gasteiger partial charge on any atom is 0.125 e. The molecule has 2 rings (SSSR count). The van der Waals surface area contributed by atoms with Gasteiger partial charge in [0.2, 0.25) is 0 Å². The van der Waals surface area contributed by atoms with Gasteiger partial charge in [-0.05, 0) is 56.0 Å². The van der Waals surface area contributed by atoms with Gasteiger partial charge in [0.1, 0.15) is 11.4 Å². The smallest absolute Gasteiger partial charge is 0.125 e. The van der Waals surface area contributed by atoms with E-state index in [1.54, 1.807) is 7.11 Å². The summed E-state index contributed by atoms with van der Waals surface area (Å²) in [7, 11) is 1.63. The van der Waals surface area contributed by atoms with Crippen LogP contribution in [0.4, 0.5) is 0 Å². The lowest BCUT2D eigenvalue weighted by Gasteiger charge is -2.28. The molecule has 0 aromatic heterocycles. The van der Waals surface area contributed by atoms with Crippen molar-refractivity contribution >= 4 is 0 Å². The summed E-state index contributed by atoms with van der Waals surface area (Å²) in [6.45, 7) is 8.01. The minimum absolute atomic E-state index is 0.704. The van der Waals surface area contributed by atoms with Crippen molar-refractivity contribution < 1.29 is 9.84 Å². The van der Waals surface area contributed by atoms with Crippen molar-refractivity contribution in [1.29, 1.82) is 0 Å². The Morgan fingerprint density at radius 2 is 1.50 bits per heavy atom. The third kappa shape index (κ3) is 2.44. The van der Waals surface area contributed by atoms with E-state index in [9.17, 15) is 5.11 Å². The van der Waals surface area contributed by atoms with Crippen molar-refractivity contribution in [3.8, 4) is 5.75 Å². The van der Waals surface area contributed by atoms with Gasteiger partial charge in [0, 0.05) is 5.56 Å². The Labute approximate surface area is 121 Å². The highest BCUT2D eigenvalue weighted by Crippen LogP contribution is 2.37. The van der Waals surface area contributed by atoms with Crippen LogP contribution >= 0.6 is 0 Å². The van der Waals surface area contributed by atoms with Crippen LogP contribution in [-0.4, -0.2) is 12.2 Å². The van der Waals surface area contributed by atoms with E-state index in [0.717, 1.165) is 16.7 Å². The van der Waals surface area contributed by atoms with Crippen molar-refractivity contribution in [1.82, 2.24) is 0 Å². The fraction of sp³-hybridized carbons (Fsp3) is 0.333. The molecule has 0 spiro atoms. The lowest BCUT2D eigenvalue weighted by molar-refractivity contribution is 0.0982. The monoisotopic (exact) mass is 270 g/mol. The largest absolute Gasteiger partial charge is 0.496 e. The van der Waals surface area contributed by atoms with Crippen LogP contribution < -0.4 is 4.74 Å². The Morgan fingerprint density at radius 1 is 0.900 bits per heavy atom. The minimum atomic E-state index is -1.07. The quantitative estimate of drug-likeness (QED) is 0.917. The second-order valence-corrected chi connectivity index (χ2v) is 5.52. The average molecular weight is 270 g/mol. The first-order chi connectivity index (χ1) is 9.37. The van der Waals surface area contributed by atoms with Gasteiger partial charge in [0.15, 0.2) is 0 Å². The van der Waals surface area contributed by atoms with Crippen molar-refractivity contribution in [3.05, 3.63) is 64.2 Å². The van der Waals surface area contributed by atoms with Crippen LogP contribution in [0.15, 0.2) is 36.4 Å². The van der Waals surface area contributed by atoms with Crippen LogP contribution in [-0.2, 0) is 5.60 Å². The topological polar surface area (TPSA) is 29.5 Å². The van der Waals surface area contributed by atoms with Gasteiger partial charge < -0.3 is 9.84 Å². The van der Waals surface area contributed by atoms with E-state index < -0.39 is 5.60 Å². The SMILES string of the molecule is COc1ccccc1C(C)(O)c1cc(C)c(C)cc1C. The lowest BCUT2D eigenvalue weighted by atomic mass is 9.83. The molecule has 0 aliphatic rings. The second-order valence-electron chi connectivity index (χ2n) is 5.52. The van der Waals surface area contributed by atoms with Gasteiger partial charge in [-0.15, -0.1) is 0 Å². The molecule has 0 bridgehead atoms. The third-order valence-electron chi connectivity index (χ3n) is 4.00. The molecule has 1 unspecified atom stereocenters. The Bertz CT molecular complexity index is 627. The van der Waals surface area contributed by atoms with Crippen molar-refractivity contribution in [2.45, 2.75) is 33.3 Å². The molecule has 1 atom stereocenters. The Hall–Kier alpha value is -1.80. The van der Waals surface area contributed by atoms with Crippen LogP contribution in [0.2, 0.25) is 0 Å². The molecular formula is C18H22O2. The van der Waals surface area contributed by atoms with E-state index in [2.05, 4.69) is 26.0 Å². The molecule has 0 saturated heterocycles. The van der Waals surface area contributed by atoms with Crippen molar-refractivity contribution in [3.63, 3.8) is 0 Å². The number of benzene rings is 2.